The molecule has 0 radical (unpaired) electrons. The van der Waals surface area contributed by atoms with Gasteiger partial charge in [0.1, 0.15) is 0 Å². The second-order valence-electron chi connectivity index (χ2n) is 6.38. The van der Waals surface area contributed by atoms with Crippen molar-refractivity contribution >= 4 is 0 Å². The van der Waals surface area contributed by atoms with Gasteiger partial charge in [-0.3, -0.25) is 0 Å². The van der Waals surface area contributed by atoms with Gasteiger partial charge in [-0.25, -0.2) is 0 Å². The van der Waals surface area contributed by atoms with Crippen LogP contribution in [0.25, 0.3) is 0 Å². The minimum absolute atomic E-state index is 0.722. The molecule has 0 saturated carbocycles. The first-order chi connectivity index (χ1) is 8.13. The largest absolute Gasteiger partial charge is 0.314 e. The van der Waals surface area contributed by atoms with Crippen LogP contribution in [0.3, 0.4) is 0 Å². The van der Waals surface area contributed by atoms with E-state index in [1.54, 1.807) is 0 Å². The van der Waals surface area contributed by atoms with Crippen molar-refractivity contribution in [2.45, 2.75) is 32.2 Å². The van der Waals surface area contributed by atoms with Crippen molar-refractivity contribution in [2.24, 2.45) is 11.8 Å². The quantitative estimate of drug-likeness (QED) is 0.797. The Morgan fingerprint density at radius 2 is 2.00 bits per heavy atom. The number of piperidine rings is 1. The van der Waals surface area contributed by atoms with Gasteiger partial charge in [-0.15, -0.1) is 0 Å². The van der Waals surface area contributed by atoms with E-state index < -0.39 is 0 Å². The maximum Gasteiger partial charge on any atom is 0.00418 e. The molecule has 2 heterocycles. The van der Waals surface area contributed by atoms with E-state index in [9.17, 15) is 0 Å². The van der Waals surface area contributed by atoms with Gasteiger partial charge in [0.15, 0.2) is 0 Å². The normalized spacial score (nSPS) is 35.6. The monoisotopic (exact) mass is 239 g/mol. The van der Waals surface area contributed by atoms with E-state index in [0.29, 0.717) is 0 Å². The molecule has 0 aliphatic carbocycles. The first kappa shape index (κ1) is 13.3. The molecule has 1 N–H and O–H groups in total. The smallest absolute Gasteiger partial charge is 0.00418 e. The van der Waals surface area contributed by atoms with Crippen molar-refractivity contribution in [1.29, 1.82) is 0 Å². The SMILES string of the molecule is CC1CC(CN(C)CC2CCN(C)C2)CCN1. The predicted octanol–water partition coefficient (Wildman–Crippen LogP) is 1.26. The number of likely N-dealkylation sites (tertiary alicyclic amines) is 1. The summed E-state index contributed by atoms with van der Waals surface area (Å²) in [5, 5.41) is 3.54. The highest BCUT2D eigenvalue weighted by Gasteiger charge is 2.23. The van der Waals surface area contributed by atoms with E-state index in [2.05, 4.69) is 36.1 Å². The second-order valence-corrected chi connectivity index (χ2v) is 6.38. The van der Waals surface area contributed by atoms with Gasteiger partial charge in [0.2, 0.25) is 0 Å². The van der Waals surface area contributed by atoms with Gasteiger partial charge in [0, 0.05) is 25.7 Å². The molecule has 2 fully saturated rings. The third-order valence-corrected chi connectivity index (χ3v) is 4.36. The molecule has 0 spiro atoms. The maximum absolute atomic E-state index is 3.54. The number of hydrogen-bond donors (Lipinski definition) is 1. The summed E-state index contributed by atoms with van der Waals surface area (Å²) in [6.45, 7) is 8.72. The molecule has 2 aliphatic rings. The maximum atomic E-state index is 3.54. The van der Waals surface area contributed by atoms with Crippen LogP contribution in [-0.4, -0.2) is 62.7 Å². The van der Waals surface area contributed by atoms with Crippen LogP contribution in [0.2, 0.25) is 0 Å². The molecule has 2 aliphatic heterocycles. The van der Waals surface area contributed by atoms with E-state index >= 15 is 0 Å². The van der Waals surface area contributed by atoms with E-state index in [1.807, 2.05) is 0 Å². The number of nitrogens with zero attached hydrogens (tertiary/aromatic N) is 2. The van der Waals surface area contributed by atoms with Crippen LogP contribution in [0.15, 0.2) is 0 Å². The molecule has 3 nitrogen and oxygen atoms in total. The lowest BCUT2D eigenvalue weighted by molar-refractivity contribution is 0.199. The summed E-state index contributed by atoms with van der Waals surface area (Å²) in [5.41, 5.74) is 0. The average Bonchev–Trinajstić information content (AvgIpc) is 2.63. The highest BCUT2D eigenvalue weighted by molar-refractivity contribution is 4.79. The summed E-state index contributed by atoms with van der Waals surface area (Å²) in [5.74, 6) is 1.82. The first-order valence-corrected chi connectivity index (χ1v) is 7.24. The van der Waals surface area contributed by atoms with Gasteiger partial charge in [-0.1, -0.05) is 0 Å². The lowest BCUT2D eigenvalue weighted by Crippen LogP contribution is -2.40. The highest BCUT2D eigenvalue weighted by atomic mass is 15.1. The molecular weight excluding hydrogens is 210 g/mol. The molecule has 2 saturated heterocycles. The highest BCUT2D eigenvalue weighted by Crippen LogP contribution is 2.19. The molecule has 0 aromatic carbocycles. The Hall–Kier alpha value is -0.120. The van der Waals surface area contributed by atoms with Crippen molar-refractivity contribution in [3.8, 4) is 0 Å². The van der Waals surface area contributed by atoms with Gasteiger partial charge in [0.05, 0.1) is 0 Å². The Morgan fingerprint density at radius 3 is 2.65 bits per heavy atom. The fraction of sp³-hybridized carbons (Fsp3) is 1.00. The standard InChI is InChI=1S/C14H29N3/c1-12-8-13(4-6-15-12)9-17(3)11-14-5-7-16(2)10-14/h12-15H,4-11H2,1-3H3. The third-order valence-electron chi connectivity index (χ3n) is 4.36. The summed E-state index contributed by atoms with van der Waals surface area (Å²) in [6.07, 6.45) is 4.11. The molecule has 3 atom stereocenters. The van der Waals surface area contributed by atoms with Gasteiger partial charge >= 0.3 is 0 Å². The van der Waals surface area contributed by atoms with Crippen LogP contribution in [-0.2, 0) is 0 Å². The van der Waals surface area contributed by atoms with Gasteiger partial charge in [0.25, 0.3) is 0 Å². The molecule has 0 aromatic heterocycles. The van der Waals surface area contributed by atoms with E-state index in [-0.39, 0.29) is 0 Å². The number of hydrogen-bond acceptors (Lipinski definition) is 3. The van der Waals surface area contributed by atoms with Gasteiger partial charge in [-0.05, 0) is 65.2 Å². The van der Waals surface area contributed by atoms with E-state index in [1.165, 1.54) is 52.0 Å². The minimum Gasteiger partial charge on any atom is -0.314 e. The van der Waals surface area contributed by atoms with Crippen LogP contribution in [0.5, 0.6) is 0 Å². The molecule has 0 bridgehead atoms. The van der Waals surface area contributed by atoms with Crippen LogP contribution < -0.4 is 5.32 Å². The molecule has 0 amide bonds. The Balaban J connectivity index is 1.67. The van der Waals surface area contributed by atoms with Crippen molar-refractivity contribution in [1.82, 2.24) is 15.1 Å². The molecule has 3 unspecified atom stereocenters. The summed E-state index contributed by atoms with van der Waals surface area (Å²) < 4.78 is 0. The van der Waals surface area contributed by atoms with Gasteiger partial charge < -0.3 is 15.1 Å². The minimum atomic E-state index is 0.722. The van der Waals surface area contributed by atoms with Crippen LogP contribution >= 0.6 is 0 Å². The second kappa shape index (κ2) is 6.17. The Labute approximate surface area is 107 Å². The molecule has 0 aromatic rings. The third kappa shape index (κ3) is 4.23. The fourth-order valence-corrected chi connectivity index (χ4v) is 3.53. The predicted molar refractivity (Wildman–Crippen MR) is 73.3 cm³/mol. The van der Waals surface area contributed by atoms with Crippen molar-refractivity contribution in [2.75, 3.05) is 46.8 Å². The first-order valence-electron chi connectivity index (χ1n) is 7.24. The average molecular weight is 239 g/mol. The fourth-order valence-electron chi connectivity index (χ4n) is 3.53. The van der Waals surface area contributed by atoms with Crippen LogP contribution in [0, 0.1) is 11.8 Å². The van der Waals surface area contributed by atoms with Crippen LogP contribution in [0.4, 0.5) is 0 Å². The summed E-state index contributed by atoms with van der Waals surface area (Å²) in [6, 6.07) is 0.722. The Morgan fingerprint density at radius 1 is 1.24 bits per heavy atom. The number of rotatable bonds is 4. The van der Waals surface area contributed by atoms with Crippen molar-refractivity contribution < 1.29 is 0 Å². The summed E-state index contributed by atoms with van der Waals surface area (Å²) in [7, 11) is 4.56. The number of nitrogens with one attached hydrogen (secondary N) is 1. The Kier molecular flexibility index (Phi) is 4.83. The zero-order valence-electron chi connectivity index (χ0n) is 11.8. The molecule has 3 heteroatoms. The molecular formula is C14H29N3. The van der Waals surface area contributed by atoms with Crippen molar-refractivity contribution in [3.63, 3.8) is 0 Å². The molecule has 100 valence electrons. The topological polar surface area (TPSA) is 18.5 Å². The van der Waals surface area contributed by atoms with Gasteiger partial charge in [-0.2, -0.15) is 0 Å². The Bertz CT molecular complexity index is 232. The summed E-state index contributed by atoms with van der Waals surface area (Å²) in [4.78, 5) is 5.04. The van der Waals surface area contributed by atoms with E-state index in [4.69, 9.17) is 0 Å². The van der Waals surface area contributed by atoms with Crippen LogP contribution in [0.1, 0.15) is 26.2 Å². The summed E-state index contributed by atoms with van der Waals surface area (Å²) >= 11 is 0. The molecule has 2 rings (SSSR count). The lowest BCUT2D eigenvalue weighted by Gasteiger charge is -2.32. The lowest BCUT2D eigenvalue weighted by atomic mass is 9.92. The van der Waals surface area contributed by atoms with Crippen molar-refractivity contribution in [3.05, 3.63) is 0 Å². The zero-order chi connectivity index (χ0) is 12.3. The van der Waals surface area contributed by atoms with E-state index in [0.717, 1.165) is 17.9 Å². The molecule has 17 heavy (non-hydrogen) atoms. The zero-order valence-corrected chi connectivity index (χ0v) is 11.8.